The van der Waals surface area contributed by atoms with E-state index in [1.54, 1.807) is 0 Å². The first-order chi connectivity index (χ1) is 9.24. The maximum absolute atomic E-state index is 5.46. The summed E-state index contributed by atoms with van der Waals surface area (Å²) in [5, 5.41) is 4.30. The molecule has 0 N–H and O–H groups in total. The van der Waals surface area contributed by atoms with Gasteiger partial charge in [-0.25, -0.2) is 9.67 Å². The molecule has 3 rings (SSSR count). The lowest BCUT2D eigenvalue weighted by Crippen LogP contribution is -2.44. The zero-order valence-corrected chi connectivity index (χ0v) is 11.3. The molecule has 0 spiro atoms. The Morgan fingerprint density at radius 2 is 2.16 bits per heavy atom. The lowest BCUT2D eigenvalue weighted by Gasteiger charge is -2.34. The fourth-order valence-electron chi connectivity index (χ4n) is 2.31. The molecule has 2 aromatic heterocycles. The number of hydrogen-bond acceptors (Lipinski definition) is 4. The molecular weight excluding hydrogens is 240 g/mol. The van der Waals surface area contributed by atoms with Gasteiger partial charge in [0, 0.05) is 12.7 Å². The molecule has 0 saturated carbocycles. The number of rotatable bonds is 2. The van der Waals surface area contributed by atoms with E-state index in [0.29, 0.717) is 6.04 Å². The van der Waals surface area contributed by atoms with Crippen LogP contribution in [0, 0.1) is 6.92 Å². The molecule has 5 nitrogen and oxygen atoms in total. The van der Waals surface area contributed by atoms with Crippen LogP contribution < -0.4 is 4.90 Å². The van der Waals surface area contributed by atoms with Crippen molar-refractivity contribution < 1.29 is 4.74 Å². The summed E-state index contributed by atoms with van der Waals surface area (Å²) in [6, 6.07) is 6.40. The zero-order chi connectivity index (χ0) is 13.2. The van der Waals surface area contributed by atoms with Gasteiger partial charge >= 0.3 is 0 Å². The van der Waals surface area contributed by atoms with Gasteiger partial charge in [0.15, 0.2) is 5.82 Å². The van der Waals surface area contributed by atoms with Crippen LogP contribution in [0.15, 0.2) is 30.6 Å². The highest BCUT2D eigenvalue weighted by molar-refractivity contribution is 5.44. The molecule has 19 heavy (non-hydrogen) atoms. The quantitative estimate of drug-likeness (QED) is 0.824. The number of morpholine rings is 1. The summed E-state index contributed by atoms with van der Waals surface area (Å²) in [5.41, 5.74) is 1.13. The van der Waals surface area contributed by atoms with Crippen molar-refractivity contribution >= 4 is 5.82 Å². The largest absolute Gasteiger partial charge is 0.377 e. The number of anilines is 1. The Hall–Kier alpha value is -1.88. The van der Waals surface area contributed by atoms with Crippen molar-refractivity contribution in [2.24, 2.45) is 0 Å². The molecule has 1 aliphatic heterocycles. The summed E-state index contributed by atoms with van der Waals surface area (Å²) < 4.78 is 7.27. The van der Waals surface area contributed by atoms with Gasteiger partial charge in [0.1, 0.15) is 5.82 Å². The Morgan fingerprint density at radius 1 is 1.32 bits per heavy atom. The first-order valence-electron chi connectivity index (χ1n) is 6.57. The normalized spacial score (nSPS) is 19.7. The lowest BCUT2D eigenvalue weighted by atomic mass is 10.2. The number of hydrogen-bond donors (Lipinski definition) is 0. The Morgan fingerprint density at radius 3 is 2.89 bits per heavy atom. The molecule has 1 aliphatic rings. The molecule has 1 atom stereocenters. The maximum Gasteiger partial charge on any atom is 0.155 e. The van der Waals surface area contributed by atoms with Crippen LogP contribution in [0.5, 0.6) is 0 Å². The SMILES string of the molecule is Cc1cnn(-c2cccc(N3CCOC[C@@H]3C)n2)c1. The predicted molar refractivity (Wildman–Crippen MR) is 73.7 cm³/mol. The Balaban J connectivity index is 1.91. The summed E-state index contributed by atoms with van der Waals surface area (Å²) in [4.78, 5) is 6.98. The van der Waals surface area contributed by atoms with Crippen molar-refractivity contribution in [2.75, 3.05) is 24.7 Å². The predicted octanol–water partition coefficient (Wildman–Crippen LogP) is 1.80. The molecule has 1 saturated heterocycles. The van der Waals surface area contributed by atoms with Crippen molar-refractivity contribution in [3.8, 4) is 5.82 Å². The minimum atomic E-state index is 0.357. The van der Waals surface area contributed by atoms with Crippen LogP contribution in [-0.4, -0.2) is 40.6 Å². The highest BCUT2D eigenvalue weighted by Gasteiger charge is 2.20. The standard InChI is InChI=1S/C14H18N4O/c1-11-8-15-18(9-11)14-5-3-4-13(16-14)17-6-7-19-10-12(17)2/h3-5,8-9,12H,6-7,10H2,1-2H3/t12-/m0/s1. The van der Waals surface area contributed by atoms with E-state index in [9.17, 15) is 0 Å². The number of nitrogens with zero attached hydrogens (tertiary/aromatic N) is 4. The molecule has 3 heterocycles. The lowest BCUT2D eigenvalue weighted by molar-refractivity contribution is 0.0985. The highest BCUT2D eigenvalue weighted by Crippen LogP contribution is 2.18. The maximum atomic E-state index is 5.46. The second-order valence-corrected chi connectivity index (χ2v) is 4.93. The third kappa shape index (κ3) is 2.46. The van der Waals surface area contributed by atoms with E-state index >= 15 is 0 Å². The topological polar surface area (TPSA) is 43.2 Å². The minimum absolute atomic E-state index is 0.357. The Bertz CT molecular complexity index is 566. The van der Waals surface area contributed by atoms with Gasteiger partial charge in [-0.15, -0.1) is 0 Å². The van der Waals surface area contributed by atoms with Crippen LogP contribution >= 0.6 is 0 Å². The van der Waals surface area contributed by atoms with Gasteiger partial charge in [0.2, 0.25) is 0 Å². The van der Waals surface area contributed by atoms with E-state index in [4.69, 9.17) is 9.72 Å². The summed E-state index contributed by atoms with van der Waals surface area (Å²) >= 11 is 0. The summed E-state index contributed by atoms with van der Waals surface area (Å²) in [6.07, 6.45) is 3.82. The molecule has 0 amide bonds. The molecule has 0 aromatic carbocycles. The molecule has 2 aromatic rings. The third-order valence-electron chi connectivity index (χ3n) is 3.33. The highest BCUT2D eigenvalue weighted by atomic mass is 16.5. The van der Waals surface area contributed by atoms with Crippen molar-refractivity contribution in [1.29, 1.82) is 0 Å². The molecule has 0 aliphatic carbocycles. The van der Waals surface area contributed by atoms with Crippen LogP contribution in [0.3, 0.4) is 0 Å². The fourth-order valence-corrected chi connectivity index (χ4v) is 2.31. The molecule has 0 radical (unpaired) electrons. The van der Waals surface area contributed by atoms with Gasteiger partial charge in [-0.05, 0) is 31.5 Å². The minimum Gasteiger partial charge on any atom is -0.377 e. The van der Waals surface area contributed by atoms with Crippen molar-refractivity contribution in [3.05, 3.63) is 36.2 Å². The summed E-state index contributed by atoms with van der Waals surface area (Å²) in [6.45, 7) is 6.59. The van der Waals surface area contributed by atoms with Gasteiger partial charge in [0.05, 0.1) is 25.5 Å². The van der Waals surface area contributed by atoms with Gasteiger partial charge in [-0.2, -0.15) is 5.10 Å². The van der Waals surface area contributed by atoms with Crippen LogP contribution in [0.25, 0.3) is 5.82 Å². The van der Waals surface area contributed by atoms with Gasteiger partial charge in [-0.1, -0.05) is 6.07 Å². The number of aromatic nitrogens is 3. The number of aryl methyl sites for hydroxylation is 1. The van der Waals surface area contributed by atoms with E-state index in [-0.39, 0.29) is 0 Å². The first kappa shape index (κ1) is 12.2. The molecule has 100 valence electrons. The molecule has 0 unspecified atom stereocenters. The van der Waals surface area contributed by atoms with Crippen molar-refractivity contribution in [3.63, 3.8) is 0 Å². The number of pyridine rings is 1. The Labute approximate surface area is 112 Å². The second-order valence-electron chi connectivity index (χ2n) is 4.93. The monoisotopic (exact) mass is 258 g/mol. The van der Waals surface area contributed by atoms with Gasteiger partial charge in [0.25, 0.3) is 0 Å². The molecular formula is C14H18N4O. The van der Waals surface area contributed by atoms with E-state index in [0.717, 1.165) is 37.0 Å². The smallest absolute Gasteiger partial charge is 0.155 e. The van der Waals surface area contributed by atoms with E-state index < -0.39 is 0 Å². The van der Waals surface area contributed by atoms with Crippen molar-refractivity contribution in [2.45, 2.75) is 19.9 Å². The van der Waals surface area contributed by atoms with Crippen LogP contribution in [0.2, 0.25) is 0 Å². The fraction of sp³-hybridized carbons (Fsp3) is 0.429. The molecule has 5 heteroatoms. The molecule has 0 bridgehead atoms. The van der Waals surface area contributed by atoms with Gasteiger partial charge in [-0.3, -0.25) is 0 Å². The average molecular weight is 258 g/mol. The number of ether oxygens (including phenoxy) is 1. The summed E-state index contributed by atoms with van der Waals surface area (Å²) in [5.74, 6) is 1.84. The van der Waals surface area contributed by atoms with Crippen LogP contribution in [-0.2, 0) is 4.74 Å². The van der Waals surface area contributed by atoms with Crippen LogP contribution in [0.4, 0.5) is 5.82 Å². The van der Waals surface area contributed by atoms with E-state index in [1.807, 2.05) is 42.2 Å². The van der Waals surface area contributed by atoms with E-state index in [1.165, 1.54) is 0 Å². The van der Waals surface area contributed by atoms with Gasteiger partial charge < -0.3 is 9.64 Å². The Kier molecular flexibility index (Phi) is 3.21. The average Bonchev–Trinajstić information content (AvgIpc) is 2.86. The molecule has 1 fully saturated rings. The summed E-state index contributed by atoms with van der Waals surface area (Å²) in [7, 11) is 0. The zero-order valence-electron chi connectivity index (χ0n) is 11.3. The third-order valence-corrected chi connectivity index (χ3v) is 3.33. The van der Waals surface area contributed by atoms with Crippen LogP contribution in [0.1, 0.15) is 12.5 Å². The van der Waals surface area contributed by atoms with Crippen molar-refractivity contribution in [1.82, 2.24) is 14.8 Å². The second kappa shape index (κ2) is 5.01. The van der Waals surface area contributed by atoms with E-state index in [2.05, 4.69) is 16.9 Å². The first-order valence-corrected chi connectivity index (χ1v) is 6.57.